The highest BCUT2D eigenvalue weighted by molar-refractivity contribution is 5.93. The highest BCUT2D eigenvalue weighted by atomic mass is 16.1. The van der Waals surface area contributed by atoms with Crippen molar-refractivity contribution >= 4 is 16.8 Å². The lowest BCUT2D eigenvalue weighted by Gasteiger charge is -1.82. The summed E-state index contributed by atoms with van der Waals surface area (Å²) in [5.74, 6) is 0.391. The zero-order chi connectivity index (χ0) is 8.55. The molecule has 60 valence electrons. The Balaban J connectivity index is 2.70. The number of H-pyrrole nitrogens is 1. The van der Waals surface area contributed by atoms with E-state index < -0.39 is 0 Å². The van der Waals surface area contributed by atoms with E-state index in [9.17, 15) is 4.79 Å². The fourth-order valence-electron chi connectivity index (χ4n) is 1.12. The summed E-state index contributed by atoms with van der Waals surface area (Å²) >= 11 is 0. The molecule has 0 atom stereocenters. The number of carbonyl (C=O) groups is 1. The molecule has 1 aromatic heterocycles. The van der Waals surface area contributed by atoms with Crippen LogP contribution >= 0.6 is 0 Å². The number of imidazole rings is 1. The van der Waals surface area contributed by atoms with Crippen molar-refractivity contribution in [3.63, 3.8) is 0 Å². The molecule has 0 unspecified atom stereocenters. The Morgan fingerprint density at radius 1 is 1.42 bits per heavy atom. The summed E-state index contributed by atoms with van der Waals surface area (Å²) in [6, 6.07) is 7.57. The Hall–Kier alpha value is -1.64. The number of hydrogen-bond donors (Lipinski definition) is 1. The third-order valence-corrected chi connectivity index (χ3v) is 1.72. The first kappa shape index (κ1) is 7.03. The normalized spacial score (nSPS) is 10.4. The van der Waals surface area contributed by atoms with Gasteiger partial charge in [0.25, 0.3) is 0 Å². The standard InChI is InChI=1S/C9H8N2O/c1-6(12)9-10-7-4-2-3-5-8(7)11-9/h2-5H,1H3,(H,10,11). The SMILES string of the molecule is CC(=O)c1nc2ccccc2[nH]1. The van der Waals surface area contributed by atoms with Gasteiger partial charge >= 0.3 is 0 Å². The fourth-order valence-corrected chi connectivity index (χ4v) is 1.12. The molecule has 3 nitrogen and oxygen atoms in total. The molecule has 0 aliphatic heterocycles. The van der Waals surface area contributed by atoms with E-state index in [1.807, 2.05) is 24.3 Å². The minimum Gasteiger partial charge on any atom is -0.335 e. The van der Waals surface area contributed by atoms with Crippen LogP contribution in [0.4, 0.5) is 0 Å². The first-order valence-electron chi connectivity index (χ1n) is 3.73. The van der Waals surface area contributed by atoms with Gasteiger partial charge in [0.2, 0.25) is 0 Å². The second-order valence-corrected chi connectivity index (χ2v) is 2.66. The molecule has 0 spiro atoms. The zero-order valence-electron chi connectivity index (χ0n) is 6.66. The van der Waals surface area contributed by atoms with Crippen molar-refractivity contribution in [3.05, 3.63) is 30.1 Å². The summed E-state index contributed by atoms with van der Waals surface area (Å²) in [4.78, 5) is 18.0. The minimum absolute atomic E-state index is 0.0359. The fraction of sp³-hybridized carbons (Fsp3) is 0.111. The Labute approximate surface area is 69.4 Å². The number of aromatic amines is 1. The van der Waals surface area contributed by atoms with Crippen molar-refractivity contribution in [1.29, 1.82) is 0 Å². The third kappa shape index (κ3) is 0.993. The van der Waals surface area contributed by atoms with Crippen LogP contribution in [0.5, 0.6) is 0 Å². The Kier molecular flexibility index (Phi) is 1.43. The molecule has 0 bridgehead atoms. The molecule has 0 amide bonds. The van der Waals surface area contributed by atoms with Crippen molar-refractivity contribution < 1.29 is 4.79 Å². The van der Waals surface area contributed by atoms with Gasteiger partial charge in [-0.15, -0.1) is 0 Å². The molecule has 0 aliphatic rings. The molecular weight excluding hydrogens is 152 g/mol. The average Bonchev–Trinajstić information content (AvgIpc) is 2.46. The number of nitrogens with one attached hydrogen (secondary N) is 1. The van der Waals surface area contributed by atoms with Crippen LogP contribution in [0.25, 0.3) is 11.0 Å². The van der Waals surface area contributed by atoms with Crippen LogP contribution in [0, 0.1) is 0 Å². The van der Waals surface area contributed by atoms with Gasteiger partial charge in [-0.2, -0.15) is 0 Å². The summed E-state index contributed by atoms with van der Waals surface area (Å²) < 4.78 is 0. The predicted molar refractivity (Wildman–Crippen MR) is 46.1 cm³/mol. The van der Waals surface area contributed by atoms with E-state index in [1.54, 1.807) is 0 Å². The van der Waals surface area contributed by atoms with Crippen molar-refractivity contribution in [3.8, 4) is 0 Å². The van der Waals surface area contributed by atoms with Gasteiger partial charge in [-0.3, -0.25) is 4.79 Å². The molecule has 1 heterocycles. The van der Waals surface area contributed by atoms with E-state index in [-0.39, 0.29) is 5.78 Å². The predicted octanol–water partition coefficient (Wildman–Crippen LogP) is 1.77. The van der Waals surface area contributed by atoms with Gasteiger partial charge in [0, 0.05) is 6.92 Å². The Morgan fingerprint density at radius 2 is 2.17 bits per heavy atom. The van der Waals surface area contributed by atoms with Gasteiger partial charge in [-0.05, 0) is 12.1 Å². The summed E-state index contributed by atoms with van der Waals surface area (Å²) in [6.45, 7) is 1.50. The molecular formula is C9H8N2O. The van der Waals surface area contributed by atoms with E-state index in [0.29, 0.717) is 5.82 Å². The van der Waals surface area contributed by atoms with Gasteiger partial charge in [0.15, 0.2) is 11.6 Å². The van der Waals surface area contributed by atoms with E-state index in [0.717, 1.165) is 11.0 Å². The number of para-hydroxylation sites is 2. The quantitative estimate of drug-likeness (QED) is 0.646. The van der Waals surface area contributed by atoms with Crippen LogP contribution in [0.1, 0.15) is 17.5 Å². The van der Waals surface area contributed by atoms with Gasteiger partial charge in [-0.1, -0.05) is 12.1 Å². The molecule has 0 saturated heterocycles. The zero-order valence-corrected chi connectivity index (χ0v) is 6.66. The van der Waals surface area contributed by atoms with Crippen LogP contribution in [0.3, 0.4) is 0 Å². The maximum absolute atomic E-state index is 10.9. The van der Waals surface area contributed by atoms with E-state index in [4.69, 9.17) is 0 Å². The number of fused-ring (bicyclic) bond motifs is 1. The highest BCUT2D eigenvalue weighted by Gasteiger charge is 2.04. The van der Waals surface area contributed by atoms with Crippen molar-refractivity contribution in [2.75, 3.05) is 0 Å². The number of hydrogen-bond acceptors (Lipinski definition) is 2. The number of nitrogens with zero attached hydrogens (tertiary/aromatic N) is 1. The highest BCUT2D eigenvalue weighted by Crippen LogP contribution is 2.09. The number of rotatable bonds is 1. The van der Waals surface area contributed by atoms with Gasteiger partial charge in [0.1, 0.15) is 0 Å². The summed E-state index contributed by atoms with van der Waals surface area (Å²) in [7, 11) is 0. The average molecular weight is 160 g/mol. The first-order chi connectivity index (χ1) is 5.77. The summed E-state index contributed by atoms with van der Waals surface area (Å²) in [5.41, 5.74) is 1.74. The number of aromatic nitrogens is 2. The molecule has 3 heteroatoms. The van der Waals surface area contributed by atoms with Crippen molar-refractivity contribution in [2.24, 2.45) is 0 Å². The van der Waals surface area contributed by atoms with E-state index >= 15 is 0 Å². The van der Waals surface area contributed by atoms with Crippen LogP contribution in [-0.2, 0) is 0 Å². The smallest absolute Gasteiger partial charge is 0.195 e. The number of Topliss-reactive ketones (excluding diaryl/α,β-unsaturated/α-hetero) is 1. The van der Waals surface area contributed by atoms with Crippen LogP contribution < -0.4 is 0 Å². The molecule has 12 heavy (non-hydrogen) atoms. The molecule has 2 aromatic rings. The van der Waals surface area contributed by atoms with Gasteiger partial charge < -0.3 is 4.98 Å². The maximum Gasteiger partial charge on any atom is 0.195 e. The Morgan fingerprint density at radius 3 is 2.83 bits per heavy atom. The number of benzene rings is 1. The first-order valence-corrected chi connectivity index (χ1v) is 3.73. The van der Waals surface area contributed by atoms with Gasteiger partial charge in [0.05, 0.1) is 11.0 Å². The molecule has 1 N–H and O–H groups in total. The van der Waals surface area contributed by atoms with Crippen molar-refractivity contribution in [2.45, 2.75) is 6.92 Å². The lowest BCUT2D eigenvalue weighted by molar-refractivity contribution is 0.100. The van der Waals surface area contributed by atoms with Crippen LogP contribution in [0.15, 0.2) is 24.3 Å². The summed E-state index contributed by atoms with van der Waals surface area (Å²) in [5, 5.41) is 0. The molecule has 0 fully saturated rings. The maximum atomic E-state index is 10.9. The largest absolute Gasteiger partial charge is 0.335 e. The Bertz CT molecular complexity index is 398. The lowest BCUT2D eigenvalue weighted by atomic mass is 10.3. The molecule has 1 aromatic carbocycles. The van der Waals surface area contributed by atoms with Crippen LogP contribution in [0.2, 0.25) is 0 Å². The molecule has 2 rings (SSSR count). The lowest BCUT2D eigenvalue weighted by Crippen LogP contribution is -1.93. The molecule has 0 radical (unpaired) electrons. The van der Waals surface area contributed by atoms with Crippen molar-refractivity contribution in [1.82, 2.24) is 9.97 Å². The van der Waals surface area contributed by atoms with E-state index in [1.165, 1.54) is 6.92 Å². The van der Waals surface area contributed by atoms with Crippen LogP contribution in [-0.4, -0.2) is 15.8 Å². The van der Waals surface area contributed by atoms with Gasteiger partial charge in [-0.25, -0.2) is 4.98 Å². The topological polar surface area (TPSA) is 45.8 Å². The summed E-state index contributed by atoms with van der Waals surface area (Å²) in [6.07, 6.45) is 0. The second kappa shape index (κ2) is 2.44. The molecule has 0 saturated carbocycles. The monoisotopic (exact) mass is 160 g/mol. The number of ketones is 1. The minimum atomic E-state index is -0.0359. The third-order valence-electron chi connectivity index (χ3n) is 1.72. The number of carbonyl (C=O) groups excluding carboxylic acids is 1. The van der Waals surface area contributed by atoms with E-state index in [2.05, 4.69) is 9.97 Å². The second-order valence-electron chi connectivity index (χ2n) is 2.66. The molecule has 0 aliphatic carbocycles.